The van der Waals surface area contributed by atoms with Gasteiger partial charge in [0.2, 0.25) is 0 Å². The Morgan fingerprint density at radius 1 is 1.30 bits per heavy atom. The normalized spacial score (nSPS) is 10.7. The van der Waals surface area contributed by atoms with Crippen molar-refractivity contribution in [1.29, 1.82) is 0 Å². The number of benzene rings is 1. The Bertz CT molecular complexity index is 563. The van der Waals surface area contributed by atoms with E-state index in [0.29, 0.717) is 13.2 Å². The smallest absolute Gasteiger partial charge is 0.307 e. The van der Waals surface area contributed by atoms with Gasteiger partial charge in [0.15, 0.2) is 0 Å². The molecule has 20 heavy (non-hydrogen) atoms. The van der Waals surface area contributed by atoms with Crippen LogP contribution in [-0.2, 0) is 29.0 Å². The lowest BCUT2D eigenvalue weighted by molar-refractivity contribution is -0.136. The Hall–Kier alpha value is -1.72. The molecule has 0 atom stereocenters. The molecule has 106 valence electrons. The van der Waals surface area contributed by atoms with Crippen molar-refractivity contribution < 1.29 is 14.6 Å². The SMILES string of the molecule is Cc1ncsc1CCOCc1ccc(CC(=O)O)cc1. The van der Waals surface area contributed by atoms with E-state index in [9.17, 15) is 4.79 Å². The van der Waals surface area contributed by atoms with Crippen molar-refractivity contribution in [2.75, 3.05) is 6.61 Å². The van der Waals surface area contributed by atoms with Gasteiger partial charge in [-0.1, -0.05) is 24.3 Å². The predicted molar refractivity (Wildman–Crippen MR) is 78.0 cm³/mol. The van der Waals surface area contributed by atoms with E-state index in [-0.39, 0.29) is 6.42 Å². The third kappa shape index (κ3) is 4.43. The van der Waals surface area contributed by atoms with Gasteiger partial charge in [-0.3, -0.25) is 4.79 Å². The van der Waals surface area contributed by atoms with Crippen molar-refractivity contribution >= 4 is 17.3 Å². The van der Waals surface area contributed by atoms with E-state index in [1.807, 2.05) is 36.7 Å². The summed E-state index contributed by atoms with van der Waals surface area (Å²) < 4.78 is 5.63. The van der Waals surface area contributed by atoms with E-state index in [1.165, 1.54) is 4.88 Å². The Balaban J connectivity index is 1.74. The van der Waals surface area contributed by atoms with Crippen LogP contribution in [0.15, 0.2) is 29.8 Å². The van der Waals surface area contributed by atoms with Gasteiger partial charge in [-0.2, -0.15) is 0 Å². The van der Waals surface area contributed by atoms with Crippen molar-refractivity contribution in [2.45, 2.75) is 26.4 Å². The number of aryl methyl sites for hydroxylation is 1. The fourth-order valence-electron chi connectivity index (χ4n) is 1.85. The molecule has 2 aromatic rings. The summed E-state index contributed by atoms with van der Waals surface area (Å²) in [6, 6.07) is 7.49. The molecule has 0 radical (unpaired) electrons. The molecule has 1 heterocycles. The van der Waals surface area contributed by atoms with E-state index >= 15 is 0 Å². The Morgan fingerprint density at radius 2 is 2.00 bits per heavy atom. The standard InChI is InChI=1S/C15H17NO3S/c1-11-14(20-10-16-11)6-7-19-9-13-4-2-12(3-5-13)8-15(17)18/h2-5,10H,6-9H2,1H3,(H,17,18). The number of rotatable bonds is 7. The van der Waals surface area contributed by atoms with Gasteiger partial charge in [0.25, 0.3) is 0 Å². The number of carboxylic acid groups (broad SMARTS) is 1. The molecular weight excluding hydrogens is 274 g/mol. The highest BCUT2D eigenvalue weighted by molar-refractivity contribution is 7.09. The van der Waals surface area contributed by atoms with Gasteiger partial charge in [0, 0.05) is 11.3 Å². The first-order chi connectivity index (χ1) is 9.65. The number of ether oxygens (including phenoxy) is 1. The fraction of sp³-hybridized carbons (Fsp3) is 0.333. The van der Waals surface area contributed by atoms with Crippen LogP contribution in [0.1, 0.15) is 21.7 Å². The molecule has 0 saturated heterocycles. The summed E-state index contributed by atoms with van der Waals surface area (Å²) >= 11 is 1.66. The van der Waals surface area contributed by atoms with Crippen molar-refractivity contribution in [3.63, 3.8) is 0 Å². The zero-order valence-corrected chi connectivity index (χ0v) is 12.2. The highest BCUT2D eigenvalue weighted by Crippen LogP contribution is 2.13. The summed E-state index contributed by atoms with van der Waals surface area (Å²) in [6.07, 6.45) is 0.944. The molecule has 2 rings (SSSR count). The minimum Gasteiger partial charge on any atom is -0.481 e. The van der Waals surface area contributed by atoms with Gasteiger partial charge in [-0.05, 0) is 18.1 Å². The summed E-state index contributed by atoms with van der Waals surface area (Å²) in [6.45, 7) is 3.22. The van der Waals surface area contributed by atoms with Crippen LogP contribution in [0.4, 0.5) is 0 Å². The molecule has 0 aliphatic rings. The highest BCUT2D eigenvalue weighted by atomic mass is 32.1. The van der Waals surface area contributed by atoms with Crippen LogP contribution in [0, 0.1) is 6.92 Å². The van der Waals surface area contributed by atoms with Crippen LogP contribution in [0.5, 0.6) is 0 Å². The first kappa shape index (κ1) is 14.7. The summed E-state index contributed by atoms with van der Waals surface area (Å²) in [5.74, 6) is -0.811. The Morgan fingerprint density at radius 3 is 2.60 bits per heavy atom. The van der Waals surface area contributed by atoms with Crippen molar-refractivity contribution in [2.24, 2.45) is 0 Å². The average Bonchev–Trinajstić information content (AvgIpc) is 2.82. The second-order valence-corrected chi connectivity index (χ2v) is 5.49. The van der Waals surface area contributed by atoms with Crippen LogP contribution in [0.25, 0.3) is 0 Å². The summed E-state index contributed by atoms with van der Waals surface area (Å²) in [5, 5.41) is 8.69. The maximum atomic E-state index is 10.6. The van der Waals surface area contributed by atoms with E-state index < -0.39 is 5.97 Å². The number of carboxylic acids is 1. The minimum atomic E-state index is -0.811. The number of hydrogen-bond donors (Lipinski definition) is 1. The highest BCUT2D eigenvalue weighted by Gasteiger charge is 2.02. The number of hydrogen-bond acceptors (Lipinski definition) is 4. The zero-order chi connectivity index (χ0) is 14.4. The molecule has 0 bridgehead atoms. The third-order valence-corrected chi connectivity index (χ3v) is 3.96. The molecule has 0 aliphatic carbocycles. The van der Waals surface area contributed by atoms with Gasteiger partial charge >= 0.3 is 5.97 Å². The third-order valence-electron chi connectivity index (χ3n) is 2.97. The van der Waals surface area contributed by atoms with Gasteiger partial charge in [0.1, 0.15) is 0 Å². The molecule has 1 aromatic heterocycles. The number of aliphatic carboxylic acids is 1. The Labute approximate surface area is 122 Å². The second-order valence-electron chi connectivity index (χ2n) is 4.55. The molecule has 1 N–H and O–H groups in total. The predicted octanol–water partition coefficient (Wildman–Crippen LogP) is 2.84. The lowest BCUT2D eigenvalue weighted by atomic mass is 10.1. The van der Waals surface area contributed by atoms with Crippen molar-refractivity contribution in [3.8, 4) is 0 Å². The van der Waals surface area contributed by atoms with Gasteiger partial charge in [-0.15, -0.1) is 11.3 Å². The molecule has 0 amide bonds. The molecule has 0 fully saturated rings. The van der Waals surface area contributed by atoms with Crippen LogP contribution in [-0.4, -0.2) is 22.7 Å². The fourth-order valence-corrected chi connectivity index (χ4v) is 2.61. The van der Waals surface area contributed by atoms with Crippen molar-refractivity contribution in [1.82, 2.24) is 4.98 Å². The largest absolute Gasteiger partial charge is 0.481 e. The lowest BCUT2D eigenvalue weighted by Crippen LogP contribution is -2.01. The first-order valence-electron chi connectivity index (χ1n) is 6.41. The number of carbonyl (C=O) groups is 1. The summed E-state index contributed by atoms with van der Waals surface area (Å²) in [7, 11) is 0. The van der Waals surface area contributed by atoms with Gasteiger partial charge < -0.3 is 9.84 Å². The van der Waals surface area contributed by atoms with Crippen molar-refractivity contribution in [3.05, 3.63) is 51.5 Å². The average molecular weight is 291 g/mol. The monoisotopic (exact) mass is 291 g/mol. The second kappa shape index (κ2) is 7.17. The van der Waals surface area contributed by atoms with E-state index in [4.69, 9.17) is 9.84 Å². The summed E-state index contributed by atoms with van der Waals surface area (Å²) in [4.78, 5) is 16.0. The molecular formula is C15H17NO3S. The van der Waals surface area contributed by atoms with Gasteiger partial charge in [-0.25, -0.2) is 4.98 Å². The maximum absolute atomic E-state index is 10.6. The quantitative estimate of drug-likeness (QED) is 0.797. The molecule has 4 nitrogen and oxygen atoms in total. The van der Waals surface area contributed by atoms with Crippen LogP contribution >= 0.6 is 11.3 Å². The molecule has 0 saturated carbocycles. The van der Waals surface area contributed by atoms with E-state index in [0.717, 1.165) is 23.2 Å². The molecule has 0 spiro atoms. The molecule has 0 aliphatic heterocycles. The Kier molecular flexibility index (Phi) is 5.26. The first-order valence-corrected chi connectivity index (χ1v) is 7.29. The maximum Gasteiger partial charge on any atom is 0.307 e. The summed E-state index contributed by atoms with van der Waals surface area (Å²) in [5.41, 5.74) is 4.80. The molecule has 0 unspecified atom stereocenters. The molecule has 1 aromatic carbocycles. The van der Waals surface area contributed by atoms with Gasteiger partial charge in [0.05, 0.1) is 30.8 Å². The minimum absolute atomic E-state index is 0.0613. The van der Waals surface area contributed by atoms with Crippen LogP contribution in [0.2, 0.25) is 0 Å². The number of thiazole rings is 1. The number of aromatic nitrogens is 1. The molecule has 5 heteroatoms. The lowest BCUT2D eigenvalue weighted by Gasteiger charge is -2.05. The van der Waals surface area contributed by atoms with E-state index in [1.54, 1.807) is 11.3 Å². The van der Waals surface area contributed by atoms with Crippen LogP contribution < -0.4 is 0 Å². The van der Waals surface area contributed by atoms with Crippen LogP contribution in [0.3, 0.4) is 0 Å². The number of nitrogens with zero attached hydrogens (tertiary/aromatic N) is 1. The topological polar surface area (TPSA) is 59.4 Å². The zero-order valence-electron chi connectivity index (χ0n) is 11.3. The van der Waals surface area contributed by atoms with E-state index in [2.05, 4.69) is 4.98 Å².